The van der Waals surface area contributed by atoms with Gasteiger partial charge in [-0.05, 0) is 62.2 Å². The maximum Gasteiger partial charge on any atom is 0.338 e. The maximum absolute atomic E-state index is 14.0. The average molecular weight is 631 g/mol. The van der Waals surface area contributed by atoms with Crippen LogP contribution in [0.1, 0.15) is 61.3 Å². The van der Waals surface area contributed by atoms with Gasteiger partial charge >= 0.3 is 11.9 Å². The number of allylic oxidation sites excluding steroid dienone is 1. The van der Waals surface area contributed by atoms with E-state index < -0.39 is 12.0 Å². The molecule has 10 nitrogen and oxygen atoms in total. The van der Waals surface area contributed by atoms with Crippen LogP contribution in [0.3, 0.4) is 0 Å². The predicted molar refractivity (Wildman–Crippen MR) is 169 cm³/mol. The summed E-state index contributed by atoms with van der Waals surface area (Å²) in [6.07, 6.45) is 3.42. The molecule has 0 saturated heterocycles. The van der Waals surface area contributed by atoms with Gasteiger partial charge in [0.05, 0.1) is 54.8 Å². The molecule has 1 aliphatic heterocycles. The Kier molecular flexibility index (Phi) is 9.68. The molecule has 5 rings (SSSR count). The van der Waals surface area contributed by atoms with E-state index in [1.165, 1.54) is 30.1 Å². The molecular weight excluding hydrogens is 596 g/mol. The number of rotatable bonds is 11. The van der Waals surface area contributed by atoms with E-state index in [1.54, 1.807) is 74.5 Å². The first-order valence-electron chi connectivity index (χ1n) is 14.6. The van der Waals surface area contributed by atoms with Gasteiger partial charge in [-0.1, -0.05) is 42.9 Å². The van der Waals surface area contributed by atoms with Crippen molar-refractivity contribution in [3.05, 3.63) is 102 Å². The van der Waals surface area contributed by atoms with Gasteiger partial charge in [0.2, 0.25) is 0 Å². The lowest BCUT2D eigenvalue weighted by molar-refractivity contribution is -0.139. The Balaban J connectivity index is 1.52. The molecule has 0 radical (unpaired) electrons. The second-order valence-corrected chi connectivity index (χ2v) is 11.2. The molecule has 0 saturated carbocycles. The van der Waals surface area contributed by atoms with Crippen LogP contribution in [-0.2, 0) is 14.3 Å². The molecule has 0 aliphatic carbocycles. The third kappa shape index (κ3) is 6.48. The number of hydrogen-bond donors (Lipinski definition) is 0. The number of carbonyl (C=O) groups is 2. The van der Waals surface area contributed by atoms with Gasteiger partial charge in [-0.3, -0.25) is 9.36 Å². The molecule has 1 aliphatic rings. The highest BCUT2D eigenvalue weighted by atomic mass is 32.1. The largest absolute Gasteiger partial charge is 0.493 e. The van der Waals surface area contributed by atoms with Crippen LogP contribution in [0.15, 0.2) is 80.1 Å². The number of esters is 2. The van der Waals surface area contributed by atoms with Crippen molar-refractivity contribution in [3.8, 4) is 22.8 Å². The first kappa shape index (κ1) is 31.5. The van der Waals surface area contributed by atoms with Gasteiger partial charge in [-0.25, -0.2) is 14.6 Å². The Bertz CT molecular complexity index is 1930. The lowest BCUT2D eigenvalue weighted by Gasteiger charge is -2.25. The summed E-state index contributed by atoms with van der Waals surface area (Å²) in [6.45, 7) is 6.05. The van der Waals surface area contributed by atoms with E-state index in [2.05, 4.69) is 4.99 Å². The molecule has 11 heteroatoms. The number of aromatic nitrogens is 1. The van der Waals surface area contributed by atoms with Crippen molar-refractivity contribution >= 4 is 29.4 Å². The summed E-state index contributed by atoms with van der Waals surface area (Å²) >= 11 is 1.20. The number of unbranched alkanes of at least 4 members (excludes halogenated alkanes) is 1. The smallest absolute Gasteiger partial charge is 0.338 e. The maximum atomic E-state index is 14.0. The van der Waals surface area contributed by atoms with Crippen molar-refractivity contribution in [2.24, 2.45) is 4.99 Å². The highest BCUT2D eigenvalue weighted by molar-refractivity contribution is 7.07. The fraction of sp³-hybridized carbons (Fsp3) is 0.294. The minimum atomic E-state index is -0.804. The van der Waals surface area contributed by atoms with E-state index >= 15 is 0 Å². The fourth-order valence-electron chi connectivity index (χ4n) is 5.01. The number of thiazole rings is 1. The van der Waals surface area contributed by atoms with Crippen LogP contribution >= 0.6 is 11.3 Å². The number of furan rings is 1. The highest BCUT2D eigenvalue weighted by Crippen LogP contribution is 2.36. The van der Waals surface area contributed by atoms with Crippen molar-refractivity contribution in [3.63, 3.8) is 0 Å². The summed E-state index contributed by atoms with van der Waals surface area (Å²) < 4.78 is 29.5. The molecule has 234 valence electrons. The summed E-state index contributed by atoms with van der Waals surface area (Å²) in [6, 6.07) is 15.0. The number of benzene rings is 2. The molecule has 2 aromatic carbocycles. The molecule has 0 amide bonds. The van der Waals surface area contributed by atoms with Gasteiger partial charge in [0.25, 0.3) is 5.56 Å². The van der Waals surface area contributed by atoms with Crippen molar-refractivity contribution in [1.29, 1.82) is 0 Å². The van der Waals surface area contributed by atoms with E-state index in [9.17, 15) is 14.4 Å². The van der Waals surface area contributed by atoms with Crippen molar-refractivity contribution in [1.82, 2.24) is 4.57 Å². The monoisotopic (exact) mass is 630 g/mol. The van der Waals surface area contributed by atoms with E-state index in [-0.39, 0.29) is 23.7 Å². The molecule has 3 heterocycles. The Hall–Kier alpha value is -4.90. The number of hydrogen-bond acceptors (Lipinski definition) is 10. The predicted octanol–water partition coefficient (Wildman–Crippen LogP) is 5.03. The minimum absolute atomic E-state index is 0.172. The van der Waals surface area contributed by atoms with Crippen LogP contribution in [0.5, 0.6) is 11.5 Å². The number of methoxy groups -OCH3 is 2. The normalized spacial score (nSPS) is 14.5. The molecule has 45 heavy (non-hydrogen) atoms. The molecule has 0 N–H and O–H groups in total. The van der Waals surface area contributed by atoms with Crippen molar-refractivity contribution in [2.45, 2.75) is 39.7 Å². The zero-order chi connectivity index (χ0) is 32.1. The zero-order valence-corrected chi connectivity index (χ0v) is 26.6. The fourth-order valence-corrected chi connectivity index (χ4v) is 6.03. The molecule has 0 spiro atoms. The molecule has 0 fully saturated rings. The number of carbonyl (C=O) groups excluding carboxylic acids is 2. The molecule has 0 unspecified atom stereocenters. The van der Waals surface area contributed by atoms with Gasteiger partial charge in [0.1, 0.15) is 11.5 Å². The van der Waals surface area contributed by atoms with E-state index in [1.807, 2.05) is 6.92 Å². The Labute approximate surface area is 263 Å². The topological polar surface area (TPSA) is 119 Å². The molecule has 0 bridgehead atoms. The summed E-state index contributed by atoms with van der Waals surface area (Å²) in [5.41, 5.74) is 2.25. The van der Waals surface area contributed by atoms with Crippen LogP contribution in [0.25, 0.3) is 17.4 Å². The quantitative estimate of drug-likeness (QED) is 0.167. The second kappa shape index (κ2) is 13.8. The SMILES string of the molecule is CCCCOC(=O)c1ccc(-c2ccc(/C=c3\sc4n(c3=O)[C@@H](c3ccc(OC)c(OC)c3)C(C(=O)OCC)=C(C)N=4)o2)cc1. The summed E-state index contributed by atoms with van der Waals surface area (Å²) in [7, 11) is 3.06. The van der Waals surface area contributed by atoms with E-state index in [0.717, 1.165) is 18.4 Å². The lowest BCUT2D eigenvalue weighted by Crippen LogP contribution is -2.39. The summed E-state index contributed by atoms with van der Waals surface area (Å²) in [4.78, 5) is 44.4. The van der Waals surface area contributed by atoms with E-state index in [4.69, 9.17) is 23.4 Å². The first-order chi connectivity index (χ1) is 21.8. The Morgan fingerprint density at radius 3 is 2.42 bits per heavy atom. The highest BCUT2D eigenvalue weighted by Gasteiger charge is 2.34. The number of fused-ring (bicyclic) bond motifs is 1. The Morgan fingerprint density at radius 1 is 0.978 bits per heavy atom. The number of nitrogens with zero attached hydrogens (tertiary/aromatic N) is 2. The van der Waals surface area contributed by atoms with Gasteiger partial charge in [0, 0.05) is 11.6 Å². The van der Waals surface area contributed by atoms with E-state index in [0.29, 0.717) is 55.8 Å². The first-order valence-corrected chi connectivity index (χ1v) is 15.4. The number of ether oxygens (including phenoxy) is 4. The Morgan fingerprint density at radius 2 is 1.73 bits per heavy atom. The van der Waals surface area contributed by atoms with Crippen LogP contribution < -0.4 is 24.4 Å². The average Bonchev–Trinajstić information content (AvgIpc) is 3.64. The van der Waals surface area contributed by atoms with Gasteiger partial charge in [-0.15, -0.1) is 0 Å². The summed E-state index contributed by atoms with van der Waals surface area (Å²) in [5.74, 6) is 1.09. The van der Waals surface area contributed by atoms with Gasteiger partial charge in [-0.2, -0.15) is 0 Å². The van der Waals surface area contributed by atoms with Gasteiger partial charge < -0.3 is 23.4 Å². The lowest BCUT2D eigenvalue weighted by atomic mass is 9.95. The molecular formula is C34H34N2O8S. The van der Waals surface area contributed by atoms with Crippen LogP contribution in [-0.4, -0.2) is 43.9 Å². The molecule has 1 atom stereocenters. The minimum Gasteiger partial charge on any atom is -0.493 e. The third-order valence-corrected chi connectivity index (χ3v) is 8.26. The van der Waals surface area contributed by atoms with Crippen molar-refractivity contribution in [2.75, 3.05) is 27.4 Å². The second-order valence-electron chi connectivity index (χ2n) is 10.2. The zero-order valence-electron chi connectivity index (χ0n) is 25.7. The third-order valence-electron chi connectivity index (χ3n) is 7.28. The summed E-state index contributed by atoms with van der Waals surface area (Å²) in [5, 5.41) is 0. The van der Waals surface area contributed by atoms with Gasteiger partial charge in [0.15, 0.2) is 16.3 Å². The van der Waals surface area contributed by atoms with Crippen LogP contribution in [0.4, 0.5) is 0 Å². The van der Waals surface area contributed by atoms with Crippen molar-refractivity contribution < 1.29 is 33.0 Å². The van der Waals surface area contributed by atoms with Crippen LogP contribution in [0.2, 0.25) is 0 Å². The molecule has 4 aromatic rings. The standard InChI is InChI=1S/C34H34N2O8S/c1-6-8-17-43-32(38)22-11-9-21(10-12-22)25-16-14-24(44-25)19-28-31(37)36-30(23-13-15-26(40-4)27(18-23)41-5)29(33(39)42-7-2)20(3)35-34(36)45-28/h9-16,18-19,30H,6-8,17H2,1-5H3/b28-19-/t30-/m0/s1. The van der Waals surface area contributed by atoms with Crippen LogP contribution in [0, 0.1) is 0 Å². The molecule has 2 aromatic heterocycles.